The summed E-state index contributed by atoms with van der Waals surface area (Å²) in [6.07, 6.45) is 9.52. The largest absolute Gasteiger partial charge is 0.392 e. The Labute approximate surface area is 101 Å². The summed E-state index contributed by atoms with van der Waals surface area (Å²) in [5.41, 5.74) is 1.13. The Hall–Kier alpha value is -0.540. The van der Waals surface area contributed by atoms with Gasteiger partial charge in [-0.3, -0.25) is 4.98 Å². The van der Waals surface area contributed by atoms with Gasteiger partial charge in [-0.15, -0.1) is 0 Å². The molecule has 1 aromatic heterocycles. The molecule has 1 aromatic rings. The number of hydrogen-bond donors (Lipinski definition) is 1. The van der Waals surface area contributed by atoms with Crippen molar-refractivity contribution in [2.24, 2.45) is 0 Å². The molecule has 1 fully saturated rings. The Kier molecular flexibility index (Phi) is 4.67. The third kappa shape index (κ3) is 3.80. The van der Waals surface area contributed by atoms with E-state index in [1.807, 2.05) is 30.1 Å². The molecule has 1 saturated carbocycles. The number of pyridine rings is 1. The Morgan fingerprint density at radius 3 is 2.94 bits per heavy atom. The summed E-state index contributed by atoms with van der Waals surface area (Å²) in [6, 6.07) is 3.95. The van der Waals surface area contributed by atoms with Gasteiger partial charge in [-0.1, -0.05) is 18.9 Å². The van der Waals surface area contributed by atoms with Crippen LogP contribution in [-0.2, 0) is 6.42 Å². The van der Waals surface area contributed by atoms with Crippen molar-refractivity contribution in [1.29, 1.82) is 0 Å². The molecule has 16 heavy (non-hydrogen) atoms. The predicted molar refractivity (Wildman–Crippen MR) is 68.7 cm³/mol. The maximum Gasteiger partial charge on any atom is 0.0671 e. The number of aliphatic hydroxyl groups is 1. The Morgan fingerprint density at radius 1 is 1.44 bits per heavy atom. The molecule has 0 amide bonds. The van der Waals surface area contributed by atoms with Crippen LogP contribution in [0.25, 0.3) is 0 Å². The van der Waals surface area contributed by atoms with E-state index in [1.165, 1.54) is 25.7 Å². The summed E-state index contributed by atoms with van der Waals surface area (Å²) in [7, 11) is 0. The minimum Gasteiger partial charge on any atom is -0.392 e. The molecule has 1 aliphatic rings. The van der Waals surface area contributed by atoms with Gasteiger partial charge in [-0.25, -0.2) is 0 Å². The van der Waals surface area contributed by atoms with Crippen LogP contribution < -0.4 is 0 Å². The second-order valence-electron chi connectivity index (χ2n) is 4.46. The Morgan fingerprint density at radius 2 is 2.25 bits per heavy atom. The highest BCUT2D eigenvalue weighted by Gasteiger charge is 2.16. The Bertz CT molecular complexity index is 298. The number of rotatable bonds is 5. The summed E-state index contributed by atoms with van der Waals surface area (Å²) in [6.45, 7) is 0. The van der Waals surface area contributed by atoms with Gasteiger partial charge in [0.05, 0.1) is 6.10 Å². The summed E-state index contributed by atoms with van der Waals surface area (Å²) in [5.74, 6) is 0.861. The van der Waals surface area contributed by atoms with Crippen molar-refractivity contribution >= 4 is 11.8 Å². The highest BCUT2D eigenvalue weighted by molar-refractivity contribution is 7.99. The number of thioether (sulfide) groups is 1. The highest BCUT2D eigenvalue weighted by Crippen LogP contribution is 2.29. The molecule has 0 aliphatic heterocycles. The summed E-state index contributed by atoms with van der Waals surface area (Å²) < 4.78 is 0. The van der Waals surface area contributed by atoms with Crippen LogP contribution in [0, 0.1) is 0 Å². The van der Waals surface area contributed by atoms with Crippen LogP contribution in [0.15, 0.2) is 24.5 Å². The van der Waals surface area contributed by atoms with E-state index in [0.717, 1.165) is 23.0 Å². The lowest BCUT2D eigenvalue weighted by Gasteiger charge is -2.13. The van der Waals surface area contributed by atoms with E-state index < -0.39 is 0 Å². The van der Waals surface area contributed by atoms with Gasteiger partial charge in [0, 0.05) is 29.8 Å². The van der Waals surface area contributed by atoms with Crippen LogP contribution in [-0.4, -0.2) is 27.2 Å². The lowest BCUT2D eigenvalue weighted by atomic mass is 10.1. The van der Waals surface area contributed by atoms with E-state index in [9.17, 15) is 5.11 Å². The van der Waals surface area contributed by atoms with Crippen molar-refractivity contribution in [2.45, 2.75) is 43.5 Å². The molecular weight excluding hydrogens is 218 g/mol. The monoisotopic (exact) mass is 237 g/mol. The molecule has 2 nitrogen and oxygen atoms in total. The standard InChI is InChI=1S/C13H19NOS/c15-12(8-11-4-3-7-14-9-11)10-16-13-5-1-2-6-13/h3-4,7,9,12-13,15H,1-2,5-6,8,10H2. The van der Waals surface area contributed by atoms with Crippen LogP contribution in [0.4, 0.5) is 0 Å². The normalized spacial score (nSPS) is 18.8. The van der Waals surface area contributed by atoms with Gasteiger partial charge in [0.1, 0.15) is 0 Å². The van der Waals surface area contributed by atoms with Crippen LogP contribution in [0.5, 0.6) is 0 Å². The van der Waals surface area contributed by atoms with Gasteiger partial charge in [-0.2, -0.15) is 11.8 Å². The van der Waals surface area contributed by atoms with E-state index in [0.29, 0.717) is 0 Å². The van der Waals surface area contributed by atoms with Crippen molar-refractivity contribution < 1.29 is 5.11 Å². The number of aromatic nitrogens is 1. The van der Waals surface area contributed by atoms with E-state index in [-0.39, 0.29) is 6.10 Å². The molecule has 0 bridgehead atoms. The minimum atomic E-state index is -0.227. The maximum atomic E-state index is 9.91. The van der Waals surface area contributed by atoms with Crippen LogP contribution >= 0.6 is 11.8 Å². The third-order valence-corrected chi connectivity index (χ3v) is 4.54. The third-order valence-electron chi connectivity index (χ3n) is 3.02. The summed E-state index contributed by atoms with van der Waals surface area (Å²) >= 11 is 1.94. The smallest absolute Gasteiger partial charge is 0.0671 e. The zero-order valence-corrected chi connectivity index (χ0v) is 10.3. The number of nitrogens with zero attached hydrogens (tertiary/aromatic N) is 1. The predicted octanol–water partition coefficient (Wildman–Crippen LogP) is 2.66. The quantitative estimate of drug-likeness (QED) is 0.854. The molecule has 2 rings (SSSR count). The summed E-state index contributed by atoms with van der Waals surface area (Å²) in [4.78, 5) is 4.06. The zero-order chi connectivity index (χ0) is 11.2. The maximum absolute atomic E-state index is 9.91. The topological polar surface area (TPSA) is 33.1 Å². The number of aliphatic hydroxyl groups excluding tert-OH is 1. The van der Waals surface area contributed by atoms with Crippen molar-refractivity contribution in [3.8, 4) is 0 Å². The summed E-state index contributed by atoms with van der Waals surface area (Å²) in [5, 5.41) is 10.7. The molecule has 1 heterocycles. The second kappa shape index (κ2) is 6.26. The van der Waals surface area contributed by atoms with Gasteiger partial charge in [0.2, 0.25) is 0 Å². The SMILES string of the molecule is OC(CSC1CCCC1)Cc1cccnc1. The van der Waals surface area contributed by atoms with Gasteiger partial charge in [0.15, 0.2) is 0 Å². The molecule has 88 valence electrons. The fraction of sp³-hybridized carbons (Fsp3) is 0.615. The van der Waals surface area contributed by atoms with Crippen molar-refractivity contribution in [3.05, 3.63) is 30.1 Å². The van der Waals surface area contributed by atoms with E-state index in [2.05, 4.69) is 4.98 Å². The average Bonchev–Trinajstić information content (AvgIpc) is 2.81. The molecule has 1 aliphatic carbocycles. The minimum absolute atomic E-state index is 0.227. The van der Waals surface area contributed by atoms with Gasteiger partial charge in [0.25, 0.3) is 0 Å². The van der Waals surface area contributed by atoms with E-state index in [1.54, 1.807) is 6.20 Å². The van der Waals surface area contributed by atoms with Crippen molar-refractivity contribution in [2.75, 3.05) is 5.75 Å². The lowest BCUT2D eigenvalue weighted by Crippen LogP contribution is -2.15. The van der Waals surface area contributed by atoms with Gasteiger partial charge in [-0.05, 0) is 24.5 Å². The molecular formula is C13H19NOS. The first-order valence-electron chi connectivity index (χ1n) is 6.03. The molecule has 0 radical (unpaired) electrons. The highest BCUT2D eigenvalue weighted by atomic mass is 32.2. The molecule has 0 saturated heterocycles. The van der Waals surface area contributed by atoms with Crippen molar-refractivity contribution in [1.82, 2.24) is 4.98 Å². The molecule has 0 spiro atoms. The first-order chi connectivity index (χ1) is 7.84. The number of hydrogen-bond acceptors (Lipinski definition) is 3. The van der Waals surface area contributed by atoms with Crippen molar-refractivity contribution in [3.63, 3.8) is 0 Å². The van der Waals surface area contributed by atoms with Gasteiger partial charge < -0.3 is 5.11 Å². The van der Waals surface area contributed by atoms with E-state index >= 15 is 0 Å². The van der Waals surface area contributed by atoms with Crippen LogP contribution in [0.3, 0.4) is 0 Å². The molecule has 1 N–H and O–H groups in total. The Balaban J connectivity index is 1.69. The molecule has 1 unspecified atom stereocenters. The van der Waals surface area contributed by atoms with Crippen LogP contribution in [0.2, 0.25) is 0 Å². The second-order valence-corrected chi connectivity index (χ2v) is 5.79. The average molecular weight is 237 g/mol. The molecule has 3 heteroatoms. The first kappa shape index (κ1) is 11.9. The zero-order valence-electron chi connectivity index (χ0n) is 9.51. The van der Waals surface area contributed by atoms with Crippen LogP contribution in [0.1, 0.15) is 31.2 Å². The fourth-order valence-electron chi connectivity index (χ4n) is 2.15. The first-order valence-corrected chi connectivity index (χ1v) is 7.08. The van der Waals surface area contributed by atoms with Gasteiger partial charge >= 0.3 is 0 Å². The molecule has 1 atom stereocenters. The fourth-order valence-corrected chi connectivity index (χ4v) is 3.43. The van der Waals surface area contributed by atoms with E-state index in [4.69, 9.17) is 0 Å². The molecule has 0 aromatic carbocycles. The lowest BCUT2D eigenvalue weighted by molar-refractivity contribution is 0.200.